The molecule has 2 rings (SSSR count). The fourth-order valence-electron chi connectivity index (χ4n) is 2.07. The molecule has 3 amide bonds. The number of nitrogens with one attached hydrogen (secondary N) is 3. The molecule has 0 aliphatic carbocycles. The van der Waals surface area contributed by atoms with Gasteiger partial charge in [-0.1, -0.05) is 12.1 Å². The first kappa shape index (κ1) is 21.4. The Balaban J connectivity index is 1.75. The Morgan fingerprint density at radius 3 is 2.36 bits per heavy atom. The number of hydrogen-bond donors (Lipinski definition) is 3. The zero-order chi connectivity index (χ0) is 20.7. The molecule has 28 heavy (non-hydrogen) atoms. The summed E-state index contributed by atoms with van der Waals surface area (Å²) >= 11 is 1.22. The van der Waals surface area contributed by atoms with E-state index in [1.165, 1.54) is 23.5 Å². The SMILES string of the molecule is CC(C)(C)OC(=O)NCCC(=O)NNC(=O)c1ccc(-c2ccc(F)cc2)s1. The number of carbonyl (C=O) groups excluding carboxylic acids is 3. The summed E-state index contributed by atoms with van der Waals surface area (Å²) in [5.74, 6) is -1.26. The Morgan fingerprint density at radius 1 is 1.04 bits per heavy atom. The van der Waals surface area contributed by atoms with Crippen LogP contribution in [0.5, 0.6) is 0 Å². The van der Waals surface area contributed by atoms with Gasteiger partial charge in [-0.2, -0.15) is 0 Å². The third kappa shape index (κ3) is 6.99. The highest BCUT2D eigenvalue weighted by Crippen LogP contribution is 2.28. The van der Waals surface area contributed by atoms with E-state index in [2.05, 4.69) is 16.2 Å². The molecule has 9 heteroatoms. The van der Waals surface area contributed by atoms with E-state index in [0.717, 1.165) is 10.4 Å². The molecule has 0 saturated carbocycles. The van der Waals surface area contributed by atoms with Gasteiger partial charge in [0, 0.05) is 17.8 Å². The van der Waals surface area contributed by atoms with Crippen LogP contribution in [0.2, 0.25) is 0 Å². The molecule has 150 valence electrons. The van der Waals surface area contributed by atoms with Crippen molar-refractivity contribution in [3.8, 4) is 10.4 Å². The maximum Gasteiger partial charge on any atom is 0.407 e. The quantitative estimate of drug-likeness (QED) is 0.663. The van der Waals surface area contributed by atoms with Gasteiger partial charge in [0.1, 0.15) is 11.4 Å². The van der Waals surface area contributed by atoms with Gasteiger partial charge in [-0.3, -0.25) is 20.4 Å². The molecule has 0 saturated heterocycles. The lowest BCUT2D eigenvalue weighted by atomic mass is 10.2. The van der Waals surface area contributed by atoms with Crippen molar-refractivity contribution in [1.29, 1.82) is 0 Å². The van der Waals surface area contributed by atoms with Crippen molar-refractivity contribution in [2.75, 3.05) is 6.54 Å². The predicted octanol–water partition coefficient (Wildman–Crippen LogP) is 3.23. The minimum Gasteiger partial charge on any atom is -0.444 e. The number of halogens is 1. The number of carbonyl (C=O) groups is 3. The molecule has 0 bridgehead atoms. The number of amides is 3. The van der Waals surface area contributed by atoms with Crippen molar-refractivity contribution in [1.82, 2.24) is 16.2 Å². The molecule has 0 unspecified atom stereocenters. The fraction of sp³-hybridized carbons (Fsp3) is 0.316. The van der Waals surface area contributed by atoms with Gasteiger partial charge >= 0.3 is 6.09 Å². The number of ether oxygens (including phenoxy) is 1. The summed E-state index contributed by atoms with van der Waals surface area (Å²) in [4.78, 5) is 36.5. The summed E-state index contributed by atoms with van der Waals surface area (Å²) in [5, 5.41) is 2.46. The first-order valence-corrected chi connectivity index (χ1v) is 9.37. The summed E-state index contributed by atoms with van der Waals surface area (Å²) in [6.07, 6.45) is -0.638. The highest BCUT2D eigenvalue weighted by molar-refractivity contribution is 7.17. The van der Waals surface area contributed by atoms with E-state index in [4.69, 9.17) is 4.74 Å². The smallest absolute Gasteiger partial charge is 0.407 e. The topological polar surface area (TPSA) is 96.5 Å². The second kappa shape index (κ2) is 9.32. The van der Waals surface area contributed by atoms with Gasteiger partial charge in [-0.15, -0.1) is 11.3 Å². The van der Waals surface area contributed by atoms with Crippen molar-refractivity contribution < 1.29 is 23.5 Å². The van der Waals surface area contributed by atoms with Crippen LogP contribution in [0, 0.1) is 5.82 Å². The summed E-state index contributed by atoms with van der Waals surface area (Å²) in [6, 6.07) is 9.32. The Morgan fingerprint density at radius 2 is 1.71 bits per heavy atom. The zero-order valence-corrected chi connectivity index (χ0v) is 16.6. The molecule has 0 atom stereocenters. The third-order valence-electron chi connectivity index (χ3n) is 3.29. The Bertz CT molecular complexity index is 844. The second-order valence-corrected chi connectivity index (χ2v) is 7.94. The number of benzene rings is 1. The largest absolute Gasteiger partial charge is 0.444 e. The van der Waals surface area contributed by atoms with Crippen LogP contribution in [0.25, 0.3) is 10.4 Å². The predicted molar refractivity (Wildman–Crippen MR) is 104 cm³/mol. The van der Waals surface area contributed by atoms with E-state index in [9.17, 15) is 18.8 Å². The van der Waals surface area contributed by atoms with Crippen LogP contribution in [-0.4, -0.2) is 30.1 Å². The summed E-state index contributed by atoms with van der Waals surface area (Å²) in [6.45, 7) is 5.28. The van der Waals surface area contributed by atoms with Gasteiger partial charge in [-0.05, 0) is 50.6 Å². The van der Waals surface area contributed by atoms with Crippen molar-refractivity contribution in [3.05, 3.63) is 47.1 Å². The highest BCUT2D eigenvalue weighted by atomic mass is 32.1. The average molecular weight is 407 g/mol. The normalized spacial score (nSPS) is 10.9. The first-order valence-electron chi connectivity index (χ1n) is 8.56. The van der Waals surface area contributed by atoms with Gasteiger partial charge in [0.25, 0.3) is 5.91 Å². The zero-order valence-electron chi connectivity index (χ0n) is 15.8. The molecule has 1 heterocycles. The van der Waals surface area contributed by atoms with Crippen molar-refractivity contribution >= 4 is 29.2 Å². The minimum atomic E-state index is -0.617. The molecule has 0 aliphatic rings. The maximum absolute atomic E-state index is 13.0. The van der Waals surface area contributed by atoms with Crippen LogP contribution in [0.15, 0.2) is 36.4 Å². The molecule has 0 fully saturated rings. The van der Waals surface area contributed by atoms with E-state index in [1.807, 2.05) is 0 Å². The Kier molecular flexibility index (Phi) is 7.11. The number of alkyl carbamates (subject to hydrolysis) is 1. The van der Waals surface area contributed by atoms with Gasteiger partial charge in [0.2, 0.25) is 5.91 Å². The summed E-state index contributed by atoms with van der Waals surface area (Å²) in [7, 11) is 0. The number of hydrogen-bond acceptors (Lipinski definition) is 5. The van der Waals surface area contributed by atoms with Gasteiger partial charge in [0.15, 0.2) is 0 Å². The average Bonchev–Trinajstić information content (AvgIpc) is 3.09. The van der Waals surface area contributed by atoms with Crippen molar-refractivity contribution in [2.45, 2.75) is 32.8 Å². The Hall–Kier alpha value is -2.94. The van der Waals surface area contributed by atoms with E-state index in [-0.39, 0.29) is 18.8 Å². The standard InChI is InChI=1S/C19H22FN3O4S/c1-19(2,3)27-18(26)21-11-10-16(24)22-23-17(25)15-9-8-14(28-15)12-4-6-13(20)7-5-12/h4-9H,10-11H2,1-3H3,(H,21,26)(H,22,24)(H,23,25). The van der Waals surface area contributed by atoms with E-state index < -0.39 is 23.5 Å². The van der Waals surface area contributed by atoms with Crippen LogP contribution in [0.4, 0.5) is 9.18 Å². The second-order valence-electron chi connectivity index (χ2n) is 6.85. The third-order valence-corrected chi connectivity index (χ3v) is 4.43. The van der Waals surface area contributed by atoms with Gasteiger partial charge in [0.05, 0.1) is 4.88 Å². The first-order chi connectivity index (χ1) is 13.1. The molecular weight excluding hydrogens is 385 g/mol. The lowest BCUT2D eigenvalue weighted by Crippen LogP contribution is -2.42. The monoisotopic (exact) mass is 407 g/mol. The molecule has 3 N–H and O–H groups in total. The number of hydrazine groups is 1. The highest BCUT2D eigenvalue weighted by Gasteiger charge is 2.16. The molecule has 7 nitrogen and oxygen atoms in total. The molecule has 0 aliphatic heterocycles. The van der Waals surface area contributed by atoms with Gasteiger partial charge in [-0.25, -0.2) is 9.18 Å². The number of rotatable bonds is 5. The van der Waals surface area contributed by atoms with Crippen LogP contribution in [0.1, 0.15) is 36.9 Å². The van der Waals surface area contributed by atoms with E-state index in [0.29, 0.717) is 4.88 Å². The van der Waals surface area contributed by atoms with Crippen LogP contribution in [0.3, 0.4) is 0 Å². The molecule has 0 radical (unpaired) electrons. The van der Waals surface area contributed by atoms with Crippen LogP contribution < -0.4 is 16.2 Å². The summed E-state index contributed by atoms with van der Waals surface area (Å²) < 4.78 is 18.0. The van der Waals surface area contributed by atoms with E-state index in [1.54, 1.807) is 45.0 Å². The fourth-order valence-corrected chi connectivity index (χ4v) is 2.98. The molecule has 1 aromatic carbocycles. The molecule has 1 aromatic heterocycles. The van der Waals surface area contributed by atoms with Crippen LogP contribution in [-0.2, 0) is 9.53 Å². The minimum absolute atomic E-state index is 0.0230. The van der Waals surface area contributed by atoms with Crippen molar-refractivity contribution in [3.63, 3.8) is 0 Å². The Labute approximate surface area is 166 Å². The molecule has 0 spiro atoms. The summed E-state index contributed by atoms with van der Waals surface area (Å²) in [5.41, 5.74) is 4.78. The molecule has 2 aromatic rings. The molecular formula is C19H22FN3O4S. The lowest BCUT2D eigenvalue weighted by molar-refractivity contribution is -0.121. The maximum atomic E-state index is 13.0. The number of thiophene rings is 1. The van der Waals surface area contributed by atoms with Crippen molar-refractivity contribution in [2.24, 2.45) is 0 Å². The van der Waals surface area contributed by atoms with E-state index >= 15 is 0 Å². The van der Waals surface area contributed by atoms with Gasteiger partial charge < -0.3 is 10.1 Å². The van der Waals surface area contributed by atoms with Crippen LogP contribution >= 0.6 is 11.3 Å². The lowest BCUT2D eigenvalue weighted by Gasteiger charge is -2.19.